The molecule has 0 radical (unpaired) electrons. The van der Waals surface area contributed by atoms with Gasteiger partial charge in [0.15, 0.2) is 0 Å². The molecule has 0 spiro atoms. The molecule has 0 bridgehead atoms. The summed E-state index contributed by atoms with van der Waals surface area (Å²) in [6.45, 7) is 0. The highest BCUT2D eigenvalue weighted by Gasteiger charge is 2.05. The van der Waals surface area contributed by atoms with Gasteiger partial charge in [-0.15, -0.1) is 0 Å². The zero-order chi connectivity index (χ0) is 10.1. The molecule has 2 aromatic rings. The lowest BCUT2D eigenvalue weighted by Gasteiger charge is -2.02. The molecule has 0 saturated heterocycles. The van der Waals surface area contributed by atoms with Gasteiger partial charge in [-0.1, -0.05) is 0 Å². The first kappa shape index (κ1) is 8.26. The van der Waals surface area contributed by atoms with Gasteiger partial charge in [-0.25, -0.2) is 4.98 Å². The first-order chi connectivity index (χ1) is 6.72. The third kappa shape index (κ3) is 1.10. The molecule has 0 fully saturated rings. The Hall–Kier alpha value is -2.35. The summed E-state index contributed by atoms with van der Waals surface area (Å²) in [6, 6.07) is 3.57. The highest BCUT2D eigenvalue weighted by atomic mass is 14.8. The molecule has 0 aliphatic carbocycles. The Kier molecular flexibility index (Phi) is 1.68. The minimum Gasteiger partial charge on any atom is -0.397 e. The molecule has 5 heteroatoms. The average molecular weight is 185 g/mol. The number of aromatic nitrogens is 2. The minimum atomic E-state index is 0.350. The van der Waals surface area contributed by atoms with Crippen LogP contribution in [0.1, 0.15) is 5.56 Å². The van der Waals surface area contributed by atoms with Gasteiger partial charge >= 0.3 is 0 Å². The van der Waals surface area contributed by atoms with Crippen molar-refractivity contribution in [2.45, 2.75) is 0 Å². The fourth-order valence-electron chi connectivity index (χ4n) is 1.22. The molecule has 2 aromatic heterocycles. The monoisotopic (exact) mass is 185 g/mol. The van der Waals surface area contributed by atoms with E-state index in [0.717, 1.165) is 0 Å². The van der Waals surface area contributed by atoms with E-state index < -0.39 is 0 Å². The van der Waals surface area contributed by atoms with Crippen molar-refractivity contribution in [1.82, 2.24) is 9.97 Å². The molecule has 0 amide bonds. The first-order valence-electron chi connectivity index (χ1n) is 3.92. The number of nitrogens with zero attached hydrogens (tertiary/aromatic N) is 3. The molecule has 14 heavy (non-hydrogen) atoms. The van der Waals surface area contributed by atoms with Crippen molar-refractivity contribution in [2.75, 3.05) is 11.5 Å². The van der Waals surface area contributed by atoms with E-state index in [-0.39, 0.29) is 0 Å². The van der Waals surface area contributed by atoms with Gasteiger partial charge in [0, 0.05) is 11.6 Å². The Morgan fingerprint density at radius 3 is 2.71 bits per heavy atom. The molecule has 0 atom stereocenters. The van der Waals surface area contributed by atoms with Crippen LogP contribution >= 0.6 is 0 Å². The molecule has 68 valence electrons. The Morgan fingerprint density at radius 2 is 2.00 bits per heavy atom. The van der Waals surface area contributed by atoms with Gasteiger partial charge in [-0.2, -0.15) is 5.26 Å². The summed E-state index contributed by atoms with van der Waals surface area (Å²) in [6.07, 6.45) is 2.96. The number of hydrogen-bond acceptors (Lipinski definition) is 5. The fourth-order valence-corrected chi connectivity index (χ4v) is 1.22. The van der Waals surface area contributed by atoms with E-state index in [9.17, 15) is 0 Å². The molecule has 0 aliphatic heterocycles. The van der Waals surface area contributed by atoms with E-state index in [1.165, 1.54) is 12.4 Å². The number of nitrogens with two attached hydrogens (primary N) is 2. The summed E-state index contributed by atoms with van der Waals surface area (Å²) < 4.78 is 0. The van der Waals surface area contributed by atoms with Crippen LogP contribution in [0.5, 0.6) is 0 Å². The van der Waals surface area contributed by atoms with Crippen LogP contribution in [0, 0.1) is 11.3 Å². The van der Waals surface area contributed by atoms with Gasteiger partial charge in [0.05, 0.1) is 23.0 Å². The van der Waals surface area contributed by atoms with Crippen LogP contribution in [-0.4, -0.2) is 9.97 Å². The number of pyridine rings is 2. The van der Waals surface area contributed by atoms with Crippen LogP contribution in [0.3, 0.4) is 0 Å². The molecule has 0 aliphatic rings. The van der Waals surface area contributed by atoms with Crippen LogP contribution in [0.15, 0.2) is 18.5 Å². The fraction of sp³-hybridized carbons (Fsp3) is 0. The van der Waals surface area contributed by atoms with Crippen molar-refractivity contribution in [3.63, 3.8) is 0 Å². The maximum atomic E-state index is 8.73. The van der Waals surface area contributed by atoms with Crippen LogP contribution in [0.2, 0.25) is 0 Å². The quantitative estimate of drug-likeness (QED) is 0.627. The van der Waals surface area contributed by atoms with Crippen LogP contribution in [-0.2, 0) is 0 Å². The maximum absolute atomic E-state index is 8.73. The van der Waals surface area contributed by atoms with Crippen LogP contribution in [0.4, 0.5) is 11.5 Å². The van der Waals surface area contributed by atoms with E-state index in [2.05, 4.69) is 9.97 Å². The second-order valence-electron chi connectivity index (χ2n) is 2.82. The second kappa shape index (κ2) is 2.85. The number of anilines is 2. The maximum Gasteiger partial charge on any atom is 0.124 e. The Morgan fingerprint density at radius 1 is 1.21 bits per heavy atom. The molecule has 0 aromatic carbocycles. The normalized spacial score (nSPS) is 9.93. The molecule has 2 rings (SSSR count). The van der Waals surface area contributed by atoms with Crippen molar-refractivity contribution in [3.05, 3.63) is 24.0 Å². The predicted molar refractivity (Wildman–Crippen MR) is 53.1 cm³/mol. The lowest BCUT2D eigenvalue weighted by atomic mass is 10.1. The molecule has 0 unspecified atom stereocenters. The van der Waals surface area contributed by atoms with Gasteiger partial charge in [0.2, 0.25) is 0 Å². The average Bonchev–Trinajstić information content (AvgIpc) is 2.20. The third-order valence-corrected chi connectivity index (χ3v) is 1.94. The number of fused-ring (bicyclic) bond motifs is 1. The second-order valence-corrected chi connectivity index (χ2v) is 2.82. The standard InChI is InChI=1S/C9H7N5/c10-2-5-3-13-7-4-14-8(11)1-6(7)9(5)12/h1,3-4H,(H2,11,14)(H2,12,13). The van der Waals surface area contributed by atoms with Crippen molar-refractivity contribution < 1.29 is 0 Å². The lowest BCUT2D eigenvalue weighted by molar-refractivity contribution is 1.31. The molecule has 4 N–H and O–H groups in total. The van der Waals surface area contributed by atoms with Crippen LogP contribution < -0.4 is 11.5 Å². The van der Waals surface area contributed by atoms with Crippen molar-refractivity contribution in [2.24, 2.45) is 0 Å². The SMILES string of the molecule is N#Cc1cnc2cnc(N)cc2c1N. The minimum absolute atomic E-state index is 0.350. The lowest BCUT2D eigenvalue weighted by Crippen LogP contribution is -1.96. The van der Waals surface area contributed by atoms with Gasteiger partial charge < -0.3 is 11.5 Å². The predicted octanol–water partition coefficient (Wildman–Crippen LogP) is 0.666. The zero-order valence-corrected chi connectivity index (χ0v) is 7.23. The summed E-state index contributed by atoms with van der Waals surface area (Å²) in [4.78, 5) is 7.91. The van der Waals surface area contributed by atoms with Gasteiger partial charge in [0.25, 0.3) is 0 Å². The highest BCUT2D eigenvalue weighted by Crippen LogP contribution is 2.22. The van der Waals surface area contributed by atoms with E-state index in [0.29, 0.717) is 28.0 Å². The summed E-state index contributed by atoms with van der Waals surface area (Å²) in [5.41, 5.74) is 12.6. The number of rotatable bonds is 0. The van der Waals surface area contributed by atoms with E-state index in [4.69, 9.17) is 16.7 Å². The summed E-state index contributed by atoms with van der Waals surface area (Å²) in [7, 11) is 0. The number of hydrogen-bond donors (Lipinski definition) is 2. The van der Waals surface area contributed by atoms with E-state index in [1.54, 1.807) is 6.07 Å². The Bertz CT molecular complexity index is 541. The van der Waals surface area contributed by atoms with Crippen molar-refractivity contribution in [3.8, 4) is 6.07 Å². The van der Waals surface area contributed by atoms with Gasteiger partial charge in [-0.3, -0.25) is 4.98 Å². The number of nitrogen functional groups attached to an aromatic ring is 2. The van der Waals surface area contributed by atoms with Gasteiger partial charge in [0.1, 0.15) is 11.9 Å². The Labute approximate surface area is 80.0 Å². The van der Waals surface area contributed by atoms with E-state index in [1.807, 2.05) is 6.07 Å². The van der Waals surface area contributed by atoms with Crippen LogP contribution in [0.25, 0.3) is 10.9 Å². The largest absolute Gasteiger partial charge is 0.397 e. The third-order valence-electron chi connectivity index (χ3n) is 1.94. The summed E-state index contributed by atoms with van der Waals surface area (Å²) >= 11 is 0. The highest BCUT2D eigenvalue weighted by molar-refractivity contribution is 5.93. The molecule has 0 saturated carbocycles. The zero-order valence-electron chi connectivity index (χ0n) is 7.23. The summed E-state index contributed by atoms with van der Waals surface area (Å²) in [5, 5.41) is 9.39. The van der Waals surface area contributed by atoms with E-state index >= 15 is 0 Å². The topological polar surface area (TPSA) is 102 Å². The Balaban J connectivity index is 2.88. The summed E-state index contributed by atoms with van der Waals surface area (Å²) in [5.74, 6) is 0.362. The van der Waals surface area contributed by atoms with Crippen molar-refractivity contribution >= 4 is 22.4 Å². The molecule has 5 nitrogen and oxygen atoms in total. The molecular weight excluding hydrogens is 178 g/mol. The van der Waals surface area contributed by atoms with Crippen molar-refractivity contribution in [1.29, 1.82) is 5.26 Å². The first-order valence-corrected chi connectivity index (χ1v) is 3.92. The molecule has 2 heterocycles. The number of nitriles is 1. The molecular formula is C9H7N5. The van der Waals surface area contributed by atoms with Gasteiger partial charge in [-0.05, 0) is 6.07 Å². The smallest absolute Gasteiger partial charge is 0.124 e.